The van der Waals surface area contributed by atoms with Crippen LogP contribution in [0, 0.1) is 5.92 Å². The van der Waals surface area contributed by atoms with E-state index < -0.39 is 14.1 Å². The standard InChI is InChI=1S/C80H82N4OSi/c1-52(2)42-53-40-41-81-75(43-53)84-69-32-20-21-33-73(69)86(71-37-34-56(77(3,4)5)47-65(71)66-48-57(78(6,7)8)35-38-72(66)86)74-39-36-62(50-70(74)84)85-61-27-22-26-60(49-61)82-51-83(68-31-19-18-30-67(68)82)76-63(54-24-16-15-17-25-54)28-23-29-64(76)55-44-58(79(9,10)11)46-59(45-55)80(12,13)14/h15-41,43-50,52H,42,51H2,1-14H3/i15D,16D,17D,24D,25D. The maximum absolute atomic E-state index is 9.38. The second-order valence-electron chi connectivity index (χ2n) is 28.5. The minimum Gasteiger partial charge on any atom is -0.457 e. The first kappa shape index (κ1) is 50.8. The summed E-state index contributed by atoms with van der Waals surface area (Å²) in [7, 11) is -3.06. The minimum atomic E-state index is -3.06. The first-order valence-corrected chi connectivity index (χ1v) is 32.6. The topological polar surface area (TPSA) is 31.8 Å². The molecule has 4 heterocycles. The number of aromatic nitrogens is 1. The highest BCUT2D eigenvalue weighted by Gasteiger charge is 2.54. The molecule has 0 radical (unpaired) electrons. The lowest BCUT2D eigenvalue weighted by Gasteiger charge is -2.43. The van der Waals surface area contributed by atoms with E-state index in [1.165, 1.54) is 59.7 Å². The maximum atomic E-state index is 9.38. The lowest BCUT2D eigenvalue weighted by atomic mass is 9.78. The molecule has 432 valence electrons. The highest BCUT2D eigenvalue weighted by Crippen LogP contribution is 2.52. The molecule has 0 unspecified atom stereocenters. The lowest BCUT2D eigenvalue weighted by molar-refractivity contribution is 0.483. The third-order valence-electron chi connectivity index (χ3n) is 17.9. The summed E-state index contributed by atoms with van der Waals surface area (Å²) in [6, 6.07) is 62.7. The summed E-state index contributed by atoms with van der Waals surface area (Å²) in [4.78, 5) is 12.1. The molecule has 0 N–H and O–H groups in total. The van der Waals surface area contributed by atoms with E-state index in [2.05, 4.69) is 257 Å². The number of hydrogen-bond donors (Lipinski definition) is 0. The molecular weight excluding hydrogens is 1060 g/mol. The van der Waals surface area contributed by atoms with Crippen LogP contribution < -0.4 is 40.2 Å². The van der Waals surface area contributed by atoms with Gasteiger partial charge in [0.05, 0.1) is 29.6 Å². The van der Waals surface area contributed by atoms with E-state index in [1.54, 1.807) is 0 Å². The molecule has 0 saturated carbocycles. The molecule has 5 nitrogen and oxygen atoms in total. The fraction of sp³-hybridized carbons (Fsp3) is 0.263. The van der Waals surface area contributed by atoms with Crippen LogP contribution in [0.5, 0.6) is 11.5 Å². The van der Waals surface area contributed by atoms with E-state index in [1.807, 2.05) is 36.5 Å². The van der Waals surface area contributed by atoms with E-state index in [0.717, 1.165) is 57.5 Å². The number of rotatable bonds is 9. The Hall–Kier alpha value is -8.45. The summed E-state index contributed by atoms with van der Waals surface area (Å²) in [5.41, 5.74) is 16.7. The third-order valence-corrected chi connectivity index (χ3v) is 22.8. The Morgan fingerprint density at radius 1 is 0.465 bits per heavy atom. The van der Waals surface area contributed by atoms with Gasteiger partial charge in [0.25, 0.3) is 0 Å². The van der Waals surface area contributed by atoms with Gasteiger partial charge >= 0.3 is 0 Å². The van der Waals surface area contributed by atoms with Gasteiger partial charge in [0.1, 0.15) is 24.0 Å². The van der Waals surface area contributed by atoms with Crippen LogP contribution in [0.2, 0.25) is 0 Å². The number of anilines is 7. The number of hydrogen-bond acceptors (Lipinski definition) is 5. The predicted molar refractivity (Wildman–Crippen MR) is 368 cm³/mol. The van der Waals surface area contributed by atoms with Gasteiger partial charge in [-0.3, -0.25) is 4.90 Å². The fourth-order valence-corrected chi connectivity index (χ4v) is 18.8. The van der Waals surface area contributed by atoms with Crippen molar-refractivity contribution in [2.24, 2.45) is 5.92 Å². The van der Waals surface area contributed by atoms with Crippen molar-refractivity contribution in [1.82, 2.24) is 4.98 Å². The number of nitrogens with zero attached hydrogens (tertiary/aromatic N) is 4. The lowest BCUT2D eigenvalue weighted by Crippen LogP contribution is -2.75. The van der Waals surface area contributed by atoms with Crippen LogP contribution in [0.3, 0.4) is 0 Å². The Morgan fingerprint density at radius 3 is 1.63 bits per heavy atom. The van der Waals surface area contributed by atoms with Crippen molar-refractivity contribution in [3.05, 3.63) is 240 Å². The van der Waals surface area contributed by atoms with Gasteiger partial charge in [-0.1, -0.05) is 242 Å². The predicted octanol–water partition coefficient (Wildman–Crippen LogP) is 19.0. The average Bonchev–Trinajstić information content (AvgIpc) is 1.57. The van der Waals surface area contributed by atoms with E-state index in [9.17, 15) is 2.74 Å². The van der Waals surface area contributed by atoms with Gasteiger partial charge in [0, 0.05) is 40.8 Å². The van der Waals surface area contributed by atoms with Gasteiger partial charge in [-0.15, -0.1) is 0 Å². The van der Waals surface area contributed by atoms with Gasteiger partial charge in [0.15, 0.2) is 8.07 Å². The molecule has 0 amide bonds. The van der Waals surface area contributed by atoms with E-state index >= 15 is 0 Å². The van der Waals surface area contributed by atoms with Crippen molar-refractivity contribution in [3.63, 3.8) is 0 Å². The molecule has 0 saturated heterocycles. The largest absolute Gasteiger partial charge is 0.457 e. The van der Waals surface area contributed by atoms with Crippen LogP contribution in [-0.2, 0) is 28.1 Å². The van der Waals surface area contributed by atoms with Crippen LogP contribution >= 0.6 is 0 Å². The third kappa shape index (κ3) is 9.84. The molecule has 3 aliphatic heterocycles. The van der Waals surface area contributed by atoms with Gasteiger partial charge in [0.2, 0.25) is 0 Å². The molecule has 1 spiro atoms. The quantitative estimate of drug-likeness (QED) is 0.135. The zero-order valence-corrected chi connectivity index (χ0v) is 53.5. The van der Waals surface area contributed by atoms with Crippen molar-refractivity contribution in [3.8, 4) is 44.9 Å². The van der Waals surface area contributed by atoms with Crippen LogP contribution in [-0.4, -0.2) is 19.7 Å². The molecule has 0 atom stereocenters. The normalized spacial score (nSPS) is 15.1. The Morgan fingerprint density at radius 2 is 1.01 bits per heavy atom. The molecular formula is C80H82N4OSi. The van der Waals surface area contributed by atoms with Crippen molar-refractivity contribution >= 4 is 68.8 Å². The zero-order valence-electron chi connectivity index (χ0n) is 57.5. The molecule has 86 heavy (non-hydrogen) atoms. The fourth-order valence-electron chi connectivity index (χ4n) is 13.4. The van der Waals surface area contributed by atoms with Crippen molar-refractivity contribution in [2.45, 2.75) is 125 Å². The molecule has 1 aromatic heterocycles. The number of benzene rings is 9. The molecule has 3 aliphatic rings. The van der Waals surface area contributed by atoms with Gasteiger partial charge in [-0.25, -0.2) is 4.98 Å². The summed E-state index contributed by atoms with van der Waals surface area (Å²) in [5, 5.41) is 5.41. The second-order valence-corrected chi connectivity index (χ2v) is 32.2. The van der Waals surface area contributed by atoms with Gasteiger partial charge in [-0.2, -0.15) is 0 Å². The van der Waals surface area contributed by atoms with E-state index in [0.29, 0.717) is 29.6 Å². The Balaban J connectivity index is 0.962. The van der Waals surface area contributed by atoms with Crippen LogP contribution in [0.1, 0.15) is 132 Å². The van der Waals surface area contributed by atoms with Gasteiger partial charge < -0.3 is 14.5 Å². The summed E-state index contributed by atoms with van der Waals surface area (Å²) in [5.74, 6) is 2.69. The summed E-state index contributed by atoms with van der Waals surface area (Å²) in [6.45, 7) is 32.1. The minimum absolute atomic E-state index is 0.0522. The number of fused-ring (bicyclic) bond motifs is 10. The number of pyridine rings is 1. The molecule has 0 bridgehead atoms. The van der Waals surface area contributed by atoms with Crippen molar-refractivity contribution in [2.75, 3.05) is 21.4 Å². The van der Waals surface area contributed by atoms with Crippen LogP contribution in [0.4, 0.5) is 39.9 Å². The van der Waals surface area contributed by atoms with Crippen LogP contribution in [0.15, 0.2) is 212 Å². The Bertz CT molecular complexity index is 4460. The SMILES string of the molecule is [2H]c1c([2H])c([2H])c(-c2cccc(-c3cc(C(C)(C)C)cc(C(C)(C)C)c3)c2N2CN(c3cccc(Oc4ccc5c(c4)N(c4cc(CC(C)C)ccn4)c4ccccc4[Si]54c5ccc(C(C)(C)C)cc5-c5cc(C(C)(C)C)ccc54)c3)c3ccccc32)c([2H])c1[2H]. The monoisotopic (exact) mass is 1150 g/mol. The van der Waals surface area contributed by atoms with Crippen molar-refractivity contribution < 1.29 is 11.6 Å². The highest BCUT2D eigenvalue weighted by atomic mass is 28.3. The first-order chi connectivity index (χ1) is 43.0. The summed E-state index contributed by atoms with van der Waals surface area (Å²) >= 11 is 0. The summed E-state index contributed by atoms with van der Waals surface area (Å²) < 4.78 is 52.3. The molecule has 10 aromatic rings. The van der Waals surface area contributed by atoms with Gasteiger partial charge in [-0.05, 0) is 153 Å². The number of ether oxygens (including phenoxy) is 1. The highest BCUT2D eigenvalue weighted by molar-refractivity contribution is 7.23. The average molecular weight is 1150 g/mol. The number of para-hydroxylation sites is 4. The first-order valence-electron chi connectivity index (χ1n) is 33.1. The maximum Gasteiger partial charge on any atom is 0.185 e. The zero-order chi connectivity index (χ0) is 64.6. The van der Waals surface area contributed by atoms with Crippen LogP contribution in [0.25, 0.3) is 33.4 Å². The molecule has 0 fully saturated rings. The second kappa shape index (κ2) is 20.9. The van der Waals surface area contributed by atoms with E-state index in [-0.39, 0.29) is 51.4 Å². The molecule has 9 aromatic carbocycles. The summed E-state index contributed by atoms with van der Waals surface area (Å²) in [6.07, 6.45) is 2.89. The Kier molecular flexibility index (Phi) is 12.4. The Labute approximate surface area is 520 Å². The molecule has 6 heteroatoms. The molecule has 0 aliphatic carbocycles. The van der Waals surface area contributed by atoms with Crippen molar-refractivity contribution in [1.29, 1.82) is 0 Å². The van der Waals surface area contributed by atoms with E-state index in [4.69, 9.17) is 13.8 Å². The molecule has 13 rings (SSSR count). The smallest absolute Gasteiger partial charge is 0.185 e.